The van der Waals surface area contributed by atoms with Gasteiger partial charge < -0.3 is 10.1 Å². The first-order valence-electron chi connectivity index (χ1n) is 8.89. The van der Waals surface area contributed by atoms with Gasteiger partial charge in [-0.05, 0) is 40.3 Å². The number of ether oxygens (including phenoxy) is 1. The molecule has 2 aromatic heterocycles. The molecule has 0 saturated heterocycles. The number of hydrogen-bond donors (Lipinski definition) is 1. The van der Waals surface area contributed by atoms with E-state index in [1.54, 1.807) is 23.6 Å². The van der Waals surface area contributed by atoms with Gasteiger partial charge in [0.15, 0.2) is 12.4 Å². The Bertz CT molecular complexity index is 982. The summed E-state index contributed by atoms with van der Waals surface area (Å²) in [4.78, 5) is 35.8. The van der Waals surface area contributed by atoms with Gasteiger partial charge in [-0.25, -0.2) is 4.79 Å². The average molecular weight is 413 g/mol. The van der Waals surface area contributed by atoms with E-state index in [0.29, 0.717) is 22.7 Å². The van der Waals surface area contributed by atoms with Crippen LogP contribution in [0.25, 0.3) is 5.69 Å². The quantitative estimate of drug-likeness (QED) is 0.323. The molecule has 10 heteroatoms. The molecule has 0 aliphatic heterocycles. The minimum absolute atomic E-state index is 0.0480. The summed E-state index contributed by atoms with van der Waals surface area (Å²) in [6, 6.07) is 8.84. The summed E-state index contributed by atoms with van der Waals surface area (Å²) >= 11 is 1.19. The predicted molar refractivity (Wildman–Crippen MR) is 105 cm³/mol. The number of aromatic nitrogens is 4. The lowest BCUT2D eigenvalue weighted by molar-refractivity contribution is -0.118. The number of amides is 1. The largest absolute Gasteiger partial charge is 0.453 e. The van der Waals surface area contributed by atoms with Gasteiger partial charge in [0.2, 0.25) is 5.91 Å². The highest BCUT2D eigenvalue weighted by molar-refractivity contribution is 7.12. The second-order valence-electron chi connectivity index (χ2n) is 6.17. The molecule has 0 unspecified atom stereocenters. The number of ketones is 1. The third-order valence-corrected chi connectivity index (χ3v) is 4.94. The molecular weight excluding hydrogens is 394 g/mol. The number of carbonyl (C=O) groups is 3. The van der Waals surface area contributed by atoms with Gasteiger partial charge in [0.05, 0.1) is 5.69 Å². The maximum absolute atomic E-state index is 12.3. The molecule has 0 atom stereocenters. The molecule has 150 valence electrons. The number of thiophene rings is 1. The lowest BCUT2D eigenvalue weighted by atomic mass is 10.1. The molecule has 1 aromatic carbocycles. The number of tetrazole rings is 1. The van der Waals surface area contributed by atoms with Gasteiger partial charge >= 0.3 is 5.97 Å². The Morgan fingerprint density at radius 2 is 1.97 bits per heavy atom. The molecule has 2 heterocycles. The predicted octanol–water partition coefficient (Wildman–Crippen LogP) is 1.83. The van der Waals surface area contributed by atoms with E-state index in [0.717, 1.165) is 18.4 Å². The molecule has 1 N–H and O–H groups in total. The molecule has 0 aliphatic carbocycles. The van der Waals surface area contributed by atoms with Crippen LogP contribution >= 0.6 is 11.3 Å². The lowest BCUT2D eigenvalue weighted by Gasteiger charge is -2.06. The fraction of sp³-hybridized carbons (Fsp3) is 0.263. The number of rotatable bonds is 9. The van der Waals surface area contributed by atoms with E-state index in [9.17, 15) is 14.4 Å². The molecule has 1 amide bonds. The molecule has 0 spiro atoms. The van der Waals surface area contributed by atoms with Crippen LogP contribution in [-0.2, 0) is 16.0 Å². The lowest BCUT2D eigenvalue weighted by Crippen LogP contribution is -2.21. The fourth-order valence-electron chi connectivity index (χ4n) is 2.60. The molecule has 29 heavy (non-hydrogen) atoms. The highest BCUT2D eigenvalue weighted by Gasteiger charge is 2.18. The van der Waals surface area contributed by atoms with Gasteiger partial charge in [-0.15, -0.1) is 16.4 Å². The van der Waals surface area contributed by atoms with E-state index in [2.05, 4.69) is 20.8 Å². The SMILES string of the molecule is CC(=O)NCCCc1ccc(C(=O)COC(=O)c2sccc2-n2cnnn2)cc1. The maximum Gasteiger partial charge on any atom is 0.351 e. The van der Waals surface area contributed by atoms with Crippen molar-refractivity contribution in [2.45, 2.75) is 19.8 Å². The second-order valence-corrected chi connectivity index (χ2v) is 7.09. The molecular formula is C19H19N5O4S. The summed E-state index contributed by atoms with van der Waals surface area (Å²) in [6.45, 7) is 1.74. The zero-order valence-electron chi connectivity index (χ0n) is 15.7. The molecule has 9 nitrogen and oxygen atoms in total. The van der Waals surface area contributed by atoms with Gasteiger partial charge in [0.25, 0.3) is 0 Å². The summed E-state index contributed by atoms with van der Waals surface area (Å²) in [7, 11) is 0. The van der Waals surface area contributed by atoms with Crippen molar-refractivity contribution in [3.8, 4) is 5.69 Å². The number of benzene rings is 1. The average Bonchev–Trinajstić information content (AvgIpc) is 3.41. The molecule has 3 aromatic rings. The van der Waals surface area contributed by atoms with Crippen LogP contribution in [0.2, 0.25) is 0 Å². The number of Topliss-reactive ketones (excluding diaryl/α,β-unsaturated/α-hetero) is 1. The zero-order valence-corrected chi connectivity index (χ0v) is 16.5. The van der Waals surface area contributed by atoms with Crippen molar-refractivity contribution in [3.63, 3.8) is 0 Å². The number of aryl methyl sites for hydroxylation is 1. The van der Waals surface area contributed by atoms with Crippen molar-refractivity contribution in [1.82, 2.24) is 25.5 Å². The van der Waals surface area contributed by atoms with Crippen LogP contribution in [0.4, 0.5) is 0 Å². The molecule has 0 radical (unpaired) electrons. The fourth-order valence-corrected chi connectivity index (χ4v) is 3.37. The molecule has 0 aliphatic rings. The maximum atomic E-state index is 12.3. The first-order valence-corrected chi connectivity index (χ1v) is 9.77. The number of carbonyl (C=O) groups excluding carboxylic acids is 3. The number of nitrogens with zero attached hydrogens (tertiary/aromatic N) is 4. The van der Waals surface area contributed by atoms with Gasteiger partial charge in [-0.3, -0.25) is 9.59 Å². The standard InChI is InChI=1S/C19H19N5O4S/c1-13(25)20-9-2-3-14-4-6-15(7-5-14)17(26)11-28-19(27)18-16(8-10-29-18)24-12-21-22-23-24/h4-8,10,12H,2-3,9,11H2,1H3,(H,20,25). The van der Waals surface area contributed by atoms with Crippen molar-refractivity contribution < 1.29 is 19.1 Å². The van der Waals surface area contributed by atoms with Gasteiger partial charge in [-0.1, -0.05) is 24.3 Å². The zero-order chi connectivity index (χ0) is 20.6. The highest BCUT2D eigenvalue weighted by atomic mass is 32.1. The first-order chi connectivity index (χ1) is 14.0. The Labute approximate surface area is 170 Å². The third-order valence-electron chi connectivity index (χ3n) is 4.05. The van der Waals surface area contributed by atoms with Crippen molar-refractivity contribution in [2.24, 2.45) is 0 Å². The second kappa shape index (κ2) is 9.69. The van der Waals surface area contributed by atoms with E-state index in [4.69, 9.17) is 4.74 Å². The van der Waals surface area contributed by atoms with Crippen LogP contribution in [0.3, 0.4) is 0 Å². The van der Waals surface area contributed by atoms with Crippen molar-refractivity contribution in [3.05, 3.63) is 58.0 Å². The number of nitrogens with one attached hydrogen (secondary N) is 1. The summed E-state index contributed by atoms with van der Waals surface area (Å²) in [5, 5.41) is 15.3. The van der Waals surface area contributed by atoms with E-state index in [1.165, 1.54) is 29.3 Å². The number of hydrogen-bond acceptors (Lipinski definition) is 8. The van der Waals surface area contributed by atoms with Crippen molar-refractivity contribution >= 4 is 29.0 Å². The smallest absolute Gasteiger partial charge is 0.351 e. The van der Waals surface area contributed by atoms with Crippen LogP contribution in [0.5, 0.6) is 0 Å². The topological polar surface area (TPSA) is 116 Å². The Morgan fingerprint density at radius 3 is 2.66 bits per heavy atom. The molecule has 0 bridgehead atoms. The van der Waals surface area contributed by atoms with E-state index in [-0.39, 0.29) is 18.3 Å². The Kier molecular flexibility index (Phi) is 6.80. The van der Waals surface area contributed by atoms with E-state index in [1.807, 2.05) is 12.1 Å². The van der Waals surface area contributed by atoms with Crippen LogP contribution < -0.4 is 5.32 Å². The summed E-state index contributed by atoms with van der Waals surface area (Å²) < 4.78 is 6.53. The van der Waals surface area contributed by atoms with Gasteiger partial charge in [0.1, 0.15) is 11.2 Å². The Balaban J connectivity index is 1.51. The van der Waals surface area contributed by atoms with E-state index < -0.39 is 5.97 Å². The first kappa shape index (κ1) is 20.3. The Morgan fingerprint density at radius 1 is 1.17 bits per heavy atom. The van der Waals surface area contributed by atoms with E-state index >= 15 is 0 Å². The summed E-state index contributed by atoms with van der Waals surface area (Å²) in [6.07, 6.45) is 2.98. The van der Waals surface area contributed by atoms with Gasteiger partial charge in [0, 0.05) is 19.0 Å². The highest BCUT2D eigenvalue weighted by Crippen LogP contribution is 2.21. The monoisotopic (exact) mass is 413 g/mol. The van der Waals surface area contributed by atoms with Crippen molar-refractivity contribution in [1.29, 1.82) is 0 Å². The van der Waals surface area contributed by atoms with Crippen molar-refractivity contribution in [2.75, 3.05) is 13.2 Å². The number of esters is 1. The third kappa shape index (κ3) is 5.55. The molecule has 3 rings (SSSR count). The van der Waals surface area contributed by atoms with Crippen LogP contribution in [0.15, 0.2) is 42.0 Å². The van der Waals surface area contributed by atoms with Crippen LogP contribution in [0, 0.1) is 0 Å². The molecule has 0 saturated carbocycles. The summed E-state index contributed by atoms with van der Waals surface area (Å²) in [5.74, 6) is -0.940. The summed E-state index contributed by atoms with van der Waals surface area (Å²) in [5.41, 5.74) is 2.03. The Hall–Kier alpha value is -3.40. The van der Waals surface area contributed by atoms with Crippen LogP contribution in [0.1, 0.15) is 38.9 Å². The normalized spacial score (nSPS) is 10.5. The minimum Gasteiger partial charge on any atom is -0.453 e. The minimum atomic E-state index is -0.603. The van der Waals surface area contributed by atoms with Crippen LogP contribution in [-0.4, -0.2) is 51.0 Å². The molecule has 0 fully saturated rings. The van der Waals surface area contributed by atoms with Gasteiger partial charge in [-0.2, -0.15) is 4.68 Å².